The second kappa shape index (κ2) is 5.23. The largest absolute Gasteiger partial charge is 0.477 e. The van der Waals surface area contributed by atoms with Gasteiger partial charge in [0.2, 0.25) is 0 Å². The number of aromatic nitrogens is 2. The van der Waals surface area contributed by atoms with Crippen LogP contribution in [0.1, 0.15) is 39.2 Å². The smallest absolute Gasteiger partial charge is 0.345 e. The van der Waals surface area contributed by atoms with Crippen LogP contribution in [-0.2, 0) is 0 Å². The van der Waals surface area contributed by atoms with E-state index in [9.17, 15) is 9.59 Å². The minimum absolute atomic E-state index is 0.142. The molecule has 0 spiro atoms. The second-order valence-electron chi connectivity index (χ2n) is 4.23. The van der Waals surface area contributed by atoms with Gasteiger partial charge in [0.05, 0.1) is 16.8 Å². The van der Waals surface area contributed by atoms with Crippen molar-refractivity contribution in [1.82, 2.24) is 9.78 Å². The van der Waals surface area contributed by atoms with Gasteiger partial charge in [-0.2, -0.15) is 5.10 Å². The Hall–Kier alpha value is -2.15. The highest BCUT2D eigenvalue weighted by atomic mass is 32.1. The molecule has 0 radical (unpaired) electrons. The maximum atomic E-state index is 11.9. The van der Waals surface area contributed by atoms with Crippen LogP contribution in [0.4, 0.5) is 5.69 Å². The molecule has 0 fully saturated rings. The molecule has 1 amide bonds. The van der Waals surface area contributed by atoms with Crippen LogP contribution >= 0.6 is 11.3 Å². The van der Waals surface area contributed by atoms with E-state index in [1.165, 1.54) is 12.1 Å². The lowest BCUT2D eigenvalue weighted by Crippen LogP contribution is -2.09. The molecule has 100 valence electrons. The van der Waals surface area contributed by atoms with Crippen molar-refractivity contribution in [1.29, 1.82) is 0 Å². The van der Waals surface area contributed by atoms with Crippen molar-refractivity contribution in [2.75, 3.05) is 5.32 Å². The summed E-state index contributed by atoms with van der Waals surface area (Å²) in [5.41, 5.74) is 0.587. The Morgan fingerprint density at radius 1 is 1.37 bits per heavy atom. The van der Waals surface area contributed by atoms with Gasteiger partial charge in [-0.1, -0.05) is 0 Å². The predicted molar refractivity (Wildman–Crippen MR) is 71.8 cm³/mol. The third kappa shape index (κ3) is 3.00. The SMILES string of the molecule is CC(C)n1cc(NC(=O)c2ccc(C(=O)O)s2)cn1. The predicted octanol–water partition coefficient (Wildman–Crippen LogP) is 2.48. The van der Waals surface area contributed by atoms with Crippen LogP contribution in [0, 0.1) is 0 Å². The van der Waals surface area contributed by atoms with Gasteiger partial charge in [-0.3, -0.25) is 9.48 Å². The summed E-state index contributed by atoms with van der Waals surface area (Å²) in [6.45, 7) is 3.97. The summed E-state index contributed by atoms with van der Waals surface area (Å²) < 4.78 is 1.73. The number of nitrogens with zero attached hydrogens (tertiary/aromatic N) is 2. The molecule has 2 aromatic heterocycles. The fourth-order valence-corrected chi connectivity index (χ4v) is 2.19. The van der Waals surface area contributed by atoms with Gasteiger partial charge in [0.25, 0.3) is 5.91 Å². The zero-order valence-electron chi connectivity index (χ0n) is 10.5. The first-order valence-electron chi connectivity index (χ1n) is 5.66. The van der Waals surface area contributed by atoms with Crippen molar-refractivity contribution in [2.45, 2.75) is 19.9 Å². The topological polar surface area (TPSA) is 84.2 Å². The Balaban J connectivity index is 2.09. The summed E-state index contributed by atoms with van der Waals surface area (Å²) in [5, 5.41) is 15.6. The molecule has 0 aliphatic carbocycles. The number of aromatic carboxylic acids is 1. The number of carboxylic acid groups (broad SMARTS) is 1. The number of nitrogens with one attached hydrogen (secondary N) is 1. The molecular weight excluding hydrogens is 266 g/mol. The van der Waals surface area contributed by atoms with Gasteiger partial charge in [0.1, 0.15) is 4.88 Å². The fraction of sp³-hybridized carbons (Fsp3) is 0.250. The summed E-state index contributed by atoms with van der Waals surface area (Å²) in [5.74, 6) is -1.36. The van der Waals surface area contributed by atoms with Crippen LogP contribution in [0.3, 0.4) is 0 Å². The van der Waals surface area contributed by atoms with E-state index in [-0.39, 0.29) is 16.8 Å². The van der Waals surface area contributed by atoms with Crippen molar-refractivity contribution in [3.63, 3.8) is 0 Å². The number of carbonyl (C=O) groups is 2. The molecule has 7 heteroatoms. The number of rotatable bonds is 4. The second-order valence-corrected chi connectivity index (χ2v) is 5.31. The molecule has 0 bridgehead atoms. The van der Waals surface area contributed by atoms with Crippen LogP contribution in [-0.4, -0.2) is 26.8 Å². The summed E-state index contributed by atoms with van der Waals surface area (Å²) >= 11 is 0.943. The first-order valence-corrected chi connectivity index (χ1v) is 6.47. The maximum Gasteiger partial charge on any atom is 0.345 e. The lowest BCUT2D eigenvalue weighted by Gasteiger charge is -2.03. The molecule has 0 aliphatic rings. The van der Waals surface area contributed by atoms with E-state index in [1.807, 2.05) is 13.8 Å². The van der Waals surface area contributed by atoms with Gasteiger partial charge in [-0.25, -0.2) is 4.79 Å². The standard InChI is InChI=1S/C12H13N3O3S/c1-7(2)15-6-8(5-13-15)14-11(16)9-3-4-10(19-9)12(17)18/h3-7H,1-2H3,(H,14,16)(H,17,18). The number of amides is 1. The zero-order valence-corrected chi connectivity index (χ0v) is 11.3. The molecule has 2 heterocycles. The van der Waals surface area contributed by atoms with Crippen molar-refractivity contribution in [2.24, 2.45) is 0 Å². The molecule has 0 atom stereocenters. The van der Waals surface area contributed by atoms with Gasteiger partial charge in [-0.05, 0) is 26.0 Å². The first kappa shape index (κ1) is 13.3. The molecule has 0 saturated heterocycles. The van der Waals surface area contributed by atoms with E-state index < -0.39 is 5.97 Å². The molecule has 2 rings (SSSR count). The lowest BCUT2D eigenvalue weighted by atomic mass is 10.4. The minimum atomic E-state index is -1.03. The van der Waals surface area contributed by atoms with Crippen molar-refractivity contribution in [3.8, 4) is 0 Å². The van der Waals surface area contributed by atoms with Gasteiger partial charge in [0, 0.05) is 12.2 Å². The van der Waals surface area contributed by atoms with Gasteiger partial charge in [0.15, 0.2) is 0 Å². The highest BCUT2D eigenvalue weighted by Gasteiger charge is 2.13. The molecule has 2 aromatic rings. The molecular formula is C12H13N3O3S. The summed E-state index contributed by atoms with van der Waals surface area (Å²) in [7, 11) is 0. The molecule has 0 aromatic carbocycles. The highest BCUT2D eigenvalue weighted by molar-refractivity contribution is 7.15. The highest BCUT2D eigenvalue weighted by Crippen LogP contribution is 2.18. The Morgan fingerprint density at radius 2 is 2.05 bits per heavy atom. The lowest BCUT2D eigenvalue weighted by molar-refractivity contribution is 0.0702. The fourth-order valence-electron chi connectivity index (χ4n) is 1.45. The average Bonchev–Trinajstić information content (AvgIpc) is 2.96. The van der Waals surface area contributed by atoms with Crippen LogP contribution in [0.2, 0.25) is 0 Å². The maximum absolute atomic E-state index is 11.9. The average molecular weight is 279 g/mol. The number of hydrogen-bond donors (Lipinski definition) is 2. The van der Waals surface area contributed by atoms with E-state index in [1.54, 1.807) is 17.1 Å². The Morgan fingerprint density at radius 3 is 2.58 bits per heavy atom. The summed E-state index contributed by atoms with van der Waals surface area (Å²) in [4.78, 5) is 23.1. The summed E-state index contributed by atoms with van der Waals surface area (Å²) in [6.07, 6.45) is 3.29. The van der Waals surface area contributed by atoms with E-state index in [0.717, 1.165) is 11.3 Å². The van der Waals surface area contributed by atoms with E-state index in [0.29, 0.717) is 10.6 Å². The van der Waals surface area contributed by atoms with Crippen LogP contribution < -0.4 is 5.32 Å². The molecule has 0 saturated carbocycles. The Bertz CT molecular complexity index is 615. The van der Waals surface area contributed by atoms with E-state index >= 15 is 0 Å². The Labute approximate surface area is 113 Å². The number of carbonyl (C=O) groups excluding carboxylic acids is 1. The third-order valence-corrected chi connectivity index (χ3v) is 3.50. The van der Waals surface area contributed by atoms with E-state index in [2.05, 4.69) is 10.4 Å². The van der Waals surface area contributed by atoms with Crippen molar-refractivity contribution < 1.29 is 14.7 Å². The van der Waals surface area contributed by atoms with Crippen LogP contribution in [0.25, 0.3) is 0 Å². The molecule has 0 unspecified atom stereocenters. The number of carboxylic acids is 1. The molecule has 2 N–H and O–H groups in total. The van der Waals surface area contributed by atoms with Crippen molar-refractivity contribution in [3.05, 3.63) is 34.3 Å². The monoisotopic (exact) mass is 279 g/mol. The van der Waals surface area contributed by atoms with Crippen LogP contribution in [0.15, 0.2) is 24.5 Å². The number of hydrogen-bond acceptors (Lipinski definition) is 4. The zero-order chi connectivity index (χ0) is 14.0. The minimum Gasteiger partial charge on any atom is -0.477 e. The first-order chi connectivity index (χ1) is 8.97. The third-order valence-electron chi connectivity index (χ3n) is 2.43. The quantitative estimate of drug-likeness (QED) is 0.900. The molecule has 19 heavy (non-hydrogen) atoms. The normalized spacial score (nSPS) is 10.7. The van der Waals surface area contributed by atoms with Gasteiger partial charge >= 0.3 is 5.97 Å². The van der Waals surface area contributed by atoms with Crippen LogP contribution in [0.5, 0.6) is 0 Å². The van der Waals surface area contributed by atoms with Crippen molar-refractivity contribution >= 4 is 28.9 Å². The van der Waals surface area contributed by atoms with Gasteiger partial charge in [-0.15, -0.1) is 11.3 Å². The van der Waals surface area contributed by atoms with E-state index in [4.69, 9.17) is 5.11 Å². The number of thiophene rings is 1. The van der Waals surface area contributed by atoms with Gasteiger partial charge < -0.3 is 10.4 Å². The summed E-state index contributed by atoms with van der Waals surface area (Å²) in [6, 6.07) is 3.13. The molecule has 0 aliphatic heterocycles. The molecule has 6 nitrogen and oxygen atoms in total. The number of anilines is 1. The Kier molecular flexibility index (Phi) is 3.66.